The van der Waals surface area contributed by atoms with Gasteiger partial charge in [0.2, 0.25) is 0 Å². The molecule has 12 heteroatoms. The number of anilines is 2. The fraction of sp³-hybridized carbons (Fsp3) is 0.333. The largest absolute Gasteiger partial charge is 0.494 e. The van der Waals surface area contributed by atoms with Crippen LogP contribution in [0.3, 0.4) is 0 Å². The summed E-state index contributed by atoms with van der Waals surface area (Å²) < 4.78 is 34.4. The highest BCUT2D eigenvalue weighted by atomic mass is 35.5. The van der Waals surface area contributed by atoms with Gasteiger partial charge in [-0.3, -0.25) is 14.0 Å². The second kappa shape index (κ2) is 13.7. The van der Waals surface area contributed by atoms with Crippen molar-refractivity contribution in [1.82, 2.24) is 15.2 Å². The third kappa shape index (κ3) is 6.64. The number of hydrogen-bond donors (Lipinski definition) is 1. The van der Waals surface area contributed by atoms with Crippen molar-refractivity contribution in [2.24, 2.45) is 0 Å². The number of benzene rings is 3. The van der Waals surface area contributed by atoms with E-state index in [4.69, 9.17) is 9.72 Å². The zero-order chi connectivity index (χ0) is 29.0. The number of nitrogens with one attached hydrogen (secondary N) is 1. The lowest BCUT2D eigenvalue weighted by Crippen LogP contribution is -2.48. The maximum absolute atomic E-state index is 13.2. The minimum absolute atomic E-state index is 0. The predicted octanol–water partition coefficient (Wildman–Crippen LogP) is 4.80. The van der Waals surface area contributed by atoms with Gasteiger partial charge in [-0.15, -0.1) is 12.4 Å². The van der Waals surface area contributed by atoms with E-state index in [-0.39, 0.29) is 23.2 Å². The van der Waals surface area contributed by atoms with Crippen LogP contribution in [0.2, 0.25) is 0 Å². The summed E-state index contributed by atoms with van der Waals surface area (Å²) in [4.78, 5) is 22.4. The summed E-state index contributed by atoms with van der Waals surface area (Å²) in [6.45, 7) is 8.93. The number of nitrogens with zero attached hydrogens (tertiary/aromatic N) is 4. The summed E-state index contributed by atoms with van der Waals surface area (Å²) >= 11 is 1.70. The van der Waals surface area contributed by atoms with Crippen molar-refractivity contribution in [2.75, 3.05) is 62.1 Å². The number of halogens is 1. The highest BCUT2D eigenvalue weighted by Crippen LogP contribution is 2.36. The first-order valence-electron chi connectivity index (χ1n) is 13.7. The molecule has 1 fully saturated rings. The number of hydrogen-bond acceptors (Lipinski definition) is 8. The molecule has 0 unspecified atom stereocenters. The van der Waals surface area contributed by atoms with Gasteiger partial charge in [0.15, 0.2) is 5.13 Å². The number of para-hydroxylation sites is 1. The molecule has 0 atom stereocenters. The number of carbonyl (C=O) groups is 1. The average molecular weight is 630 g/mol. The maximum Gasteiger partial charge on any atom is 0.264 e. The van der Waals surface area contributed by atoms with Crippen molar-refractivity contribution >= 4 is 60.7 Å². The summed E-state index contributed by atoms with van der Waals surface area (Å²) in [7, 11) is -2.06. The van der Waals surface area contributed by atoms with E-state index in [0.29, 0.717) is 24.3 Å². The number of fused-ring (bicyclic) bond motifs is 1. The van der Waals surface area contributed by atoms with E-state index in [0.717, 1.165) is 53.8 Å². The number of methoxy groups -OCH3 is 1. The third-order valence-electron chi connectivity index (χ3n) is 7.30. The molecule has 0 saturated carbocycles. The minimum Gasteiger partial charge on any atom is -0.494 e. The summed E-state index contributed by atoms with van der Waals surface area (Å²) in [5, 5.41) is 3.98. The van der Waals surface area contributed by atoms with Crippen LogP contribution in [0.15, 0.2) is 71.6 Å². The van der Waals surface area contributed by atoms with Crippen LogP contribution in [0.5, 0.6) is 5.75 Å². The second-order valence-electron chi connectivity index (χ2n) is 9.87. The van der Waals surface area contributed by atoms with Gasteiger partial charge in [-0.2, -0.15) is 0 Å². The van der Waals surface area contributed by atoms with E-state index in [9.17, 15) is 13.2 Å². The normalized spacial score (nSPS) is 13.9. The molecule has 0 bridgehead atoms. The average Bonchev–Trinajstić information content (AvgIpc) is 3.45. The molecule has 1 aromatic heterocycles. The smallest absolute Gasteiger partial charge is 0.264 e. The van der Waals surface area contributed by atoms with Crippen molar-refractivity contribution < 1.29 is 17.9 Å². The molecule has 224 valence electrons. The molecule has 1 saturated heterocycles. The van der Waals surface area contributed by atoms with Crippen LogP contribution in [0, 0.1) is 6.92 Å². The molecule has 1 N–H and O–H groups in total. The second-order valence-corrected chi connectivity index (χ2v) is 12.7. The van der Waals surface area contributed by atoms with E-state index in [1.54, 1.807) is 49.6 Å². The summed E-state index contributed by atoms with van der Waals surface area (Å²) in [5.74, 6) is 0.579. The molecule has 1 aliphatic heterocycles. The highest BCUT2D eigenvalue weighted by Gasteiger charge is 2.24. The Morgan fingerprint density at radius 3 is 2.36 bits per heavy atom. The van der Waals surface area contributed by atoms with E-state index < -0.39 is 10.0 Å². The molecule has 4 aromatic rings. The zero-order valence-electron chi connectivity index (χ0n) is 23.9. The zero-order valence-corrected chi connectivity index (χ0v) is 26.4. The summed E-state index contributed by atoms with van der Waals surface area (Å²) in [6.07, 6.45) is 0. The number of amides is 1. The third-order valence-corrected chi connectivity index (χ3v) is 10.5. The van der Waals surface area contributed by atoms with Crippen molar-refractivity contribution in [1.29, 1.82) is 0 Å². The molecule has 0 aliphatic carbocycles. The number of aromatic nitrogens is 1. The van der Waals surface area contributed by atoms with Crippen molar-refractivity contribution in [2.45, 2.75) is 18.7 Å². The molecule has 1 aliphatic rings. The number of aryl methyl sites for hydroxylation is 1. The Balaban J connectivity index is 0.00000405. The van der Waals surface area contributed by atoms with Gasteiger partial charge in [0.1, 0.15) is 11.3 Å². The first-order chi connectivity index (χ1) is 19.8. The standard InChI is InChI=1S/C30H35N5O4S2.ClH/c1-4-35(24-8-6-5-7-9-24)41(37,38)25-13-11-23(12-14-25)29(36)31-16-17-33-18-20-34(21-19-33)30-32-27-26(39-3)15-10-22(2)28(27)40-30;/h5-15H,4,16-21H2,1-3H3,(H,31,36);1H. The lowest BCUT2D eigenvalue weighted by Gasteiger charge is -2.34. The number of piperazine rings is 1. The Bertz CT molecular complexity index is 1610. The molecule has 1 amide bonds. The number of thiazole rings is 1. The quantitative estimate of drug-likeness (QED) is 0.269. The van der Waals surface area contributed by atoms with Crippen molar-refractivity contribution in [3.05, 3.63) is 77.9 Å². The first kappa shape index (κ1) is 31.6. The van der Waals surface area contributed by atoms with Crippen LogP contribution < -0.4 is 19.3 Å². The lowest BCUT2D eigenvalue weighted by molar-refractivity contribution is 0.0947. The van der Waals surface area contributed by atoms with Gasteiger partial charge in [0, 0.05) is 51.4 Å². The van der Waals surface area contributed by atoms with E-state index in [2.05, 4.69) is 28.1 Å². The van der Waals surface area contributed by atoms with Crippen LogP contribution in [0.4, 0.5) is 10.8 Å². The van der Waals surface area contributed by atoms with Gasteiger partial charge in [-0.25, -0.2) is 13.4 Å². The molecule has 2 heterocycles. The monoisotopic (exact) mass is 629 g/mol. The minimum atomic E-state index is -3.74. The predicted molar refractivity (Wildman–Crippen MR) is 172 cm³/mol. The molecule has 0 radical (unpaired) electrons. The van der Waals surface area contributed by atoms with Gasteiger partial charge >= 0.3 is 0 Å². The summed E-state index contributed by atoms with van der Waals surface area (Å²) in [5.41, 5.74) is 3.15. The van der Waals surface area contributed by atoms with Gasteiger partial charge in [-0.1, -0.05) is 35.6 Å². The maximum atomic E-state index is 13.2. The van der Waals surface area contributed by atoms with Crippen molar-refractivity contribution in [3.63, 3.8) is 0 Å². The fourth-order valence-electron chi connectivity index (χ4n) is 4.98. The Labute approximate surface area is 257 Å². The molecular weight excluding hydrogens is 594 g/mol. The van der Waals surface area contributed by atoms with Crippen LogP contribution in [-0.2, 0) is 10.0 Å². The highest BCUT2D eigenvalue weighted by molar-refractivity contribution is 7.92. The molecule has 0 spiro atoms. The van der Waals surface area contributed by atoms with E-state index in [1.807, 2.05) is 24.3 Å². The molecule has 9 nitrogen and oxygen atoms in total. The number of sulfonamides is 1. The Morgan fingerprint density at radius 1 is 1.02 bits per heavy atom. The number of ether oxygens (including phenoxy) is 1. The number of rotatable bonds is 10. The van der Waals surface area contributed by atoms with Crippen molar-refractivity contribution in [3.8, 4) is 5.75 Å². The van der Waals surface area contributed by atoms with Gasteiger partial charge in [0.05, 0.1) is 22.4 Å². The van der Waals surface area contributed by atoms with Gasteiger partial charge < -0.3 is 15.0 Å². The topological polar surface area (TPSA) is 95.1 Å². The van der Waals surface area contributed by atoms with E-state index in [1.165, 1.54) is 22.0 Å². The molecule has 5 rings (SSSR count). The molecular formula is C30H36ClN5O4S2. The van der Waals surface area contributed by atoms with Crippen LogP contribution >= 0.6 is 23.7 Å². The van der Waals surface area contributed by atoms with E-state index >= 15 is 0 Å². The van der Waals surface area contributed by atoms with Crippen LogP contribution in [0.1, 0.15) is 22.8 Å². The molecule has 42 heavy (non-hydrogen) atoms. The van der Waals surface area contributed by atoms with Gasteiger partial charge in [0.25, 0.3) is 15.9 Å². The molecule has 3 aromatic carbocycles. The van der Waals surface area contributed by atoms with Crippen LogP contribution in [-0.4, -0.2) is 77.1 Å². The Kier molecular flexibility index (Phi) is 10.3. The van der Waals surface area contributed by atoms with Crippen LogP contribution in [0.25, 0.3) is 10.2 Å². The Morgan fingerprint density at radius 2 is 1.71 bits per heavy atom. The lowest BCUT2D eigenvalue weighted by atomic mass is 10.2. The summed E-state index contributed by atoms with van der Waals surface area (Å²) in [6, 6.07) is 19.1. The van der Waals surface area contributed by atoms with Gasteiger partial charge in [-0.05, 0) is 61.9 Å². The fourth-order valence-corrected chi connectivity index (χ4v) is 7.56. The number of carbonyl (C=O) groups excluding carboxylic acids is 1. The first-order valence-corrected chi connectivity index (χ1v) is 15.9. The Hall–Kier alpha value is -3.38. The SMILES string of the molecule is CCN(c1ccccc1)S(=O)(=O)c1ccc(C(=O)NCCN2CCN(c3nc4c(OC)ccc(C)c4s3)CC2)cc1.Cl.